The van der Waals surface area contributed by atoms with Gasteiger partial charge in [0.15, 0.2) is 0 Å². The maximum absolute atomic E-state index is 5.03. The first-order valence-corrected chi connectivity index (χ1v) is 1.62. The molecule has 0 bridgehead atoms. The second-order valence-electron chi connectivity index (χ2n) is 0.789. The number of hydrogen-bond acceptors (Lipinski definition) is 1. The summed E-state index contributed by atoms with van der Waals surface area (Å²) >= 11 is 0. The van der Waals surface area contributed by atoms with Gasteiger partial charge in [-0.1, -0.05) is 6.92 Å². The van der Waals surface area contributed by atoms with Crippen LogP contribution in [0.25, 0.3) is 0 Å². The summed E-state index contributed by atoms with van der Waals surface area (Å²) in [5.74, 6) is 0. The first-order chi connectivity index (χ1) is 1.91. The minimum Gasteiger partial charge on any atom is -0.412 e. The Morgan fingerprint density at radius 1 is 1.50 bits per heavy atom. The molecule has 0 aliphatic carbocycles. The van der Waals surface area contributed by atoms with Gasteiger partial charge in [0.25, 0.3) is 0 Å². The van der Waals surface area contributed by atoms with Gasteiger partial charge in [0.05, 0.1) is 0 Å². The van der Waals surface area contributed by atoms with Crippen molar-refractivity contribution in [2.24, 2.45) is 5.73 Å². The standard InChI is InChI=1S/C3H9N.ClH.H2O/c1-2-3-4;;/h2-4H2,1H3;1H;1H2. The molecule has 6 heavy (non-hydrogen) atoms. The molecular weight excluding hydrogens is 101 g/mol. The zero-order chi connectivity index (χ0) is 3.41. The molecule has 0 amide bonds. The molecular formula is C3H12ClNO. The Balaban J connectivity index is -0.0000000450. The highest BCUT2D eigenvalue weighted by Crippen LogP contribution is 1.57. The Hall–Kier alpha value is 0.210. The molecule has 0 rings (SSSR count). The van der Waals surface area contributed by atoms with Gasteiger partial charge in [-0.2, -0.15) is 0 Å². The molecule has 42 valence electrons. The summed E-state index contributed by atoms with van der Waals surface area (Å²) in [4.78, 5) is 0. The second-order valence-corrected chi connectivity index (χ2v) is 0.789. The number of rotatable bonds is 1. The van der Waals surface area contributed by atoms with Crippen LogP contribution in [0.15, 0.2) is 0 Å². The van der Waals surface area contributed by atoms with Crippen LogP contribution >= 0.6 is 12.4 Å². The smallest absolute Gasteiger partial charge is 0.00799 e. The van der Waals surface area contributed by atoms with E-state index in [1.807, 2.05) is 0 Å². The van der Waals surface area contributed by atoms with Crippen LogP contribution in [0.5, 0.6) is 0 Å². The van der Waals surface area contributed by atoms with Crippen molar-refractivity contribution in [2.75, 3.05) is 6.54 Å². The SMILES string of the molecule is CCCN.Cl.O. The predicted molar refractivity (Wildman–Crippen MR) is 30.2 cm³/mol. The summed E-state index contributed by atoms with van der Waals surface area (Å²) in [7, 11) is 0. The molecule has 0 aromatic carbocycles. The van der Waals surface area contributed by atoms with Gasteiger partial charge in [-0.05, 0) is 13.0 Å². The molecule has 3 heteroatoms. The van der Waals surface area contributed by atoms with E-state index in [0.29, 0.717) is 0 Å². The summed E-state index contributed by atoms with van der Waals surface area (Å²) in [5.41, 5.74) is 5.03. The van der Waals surface area contributed by atoms with E-state index in [0.717, 1.165) is 13.0 Å². The number of hydrogen-bond donors (Lipinski definition) is 1. The zero-order valence-corrected chi connectivity index (χ0v) is 4.72. The molecule has 0 atom stereocenters. The third kappa shape index (κ3) is 29.6. The van der Waals surface area contributed by atoms with Crippen LogP contribution in [0.4, 0.5) is 0 Å². The molecule has 0 aromatic heterocycles. The quantitative estimate of drug-likeness (QED) is 0.510. The number of halogens is 1. The Labute approximate surface area is 44.4 Å². The average Bonchev–Trinajstić information content (AvgIpc) is 1.37. The summed E-state index contributed by atoms with van der Waals surface area (Å²) < 4.78 is 0. The maximum atomic E-state index is 5.03. The summed E-state index contributed by atoms with van der Waals surface area (Å²) in [6.07, 6.45) is 1.10. The highest BCUT2D eigenvalue weighted by atomic mass is 35.5. The van der Waals surface area contributed by atoms with E-state index < -0.39 is 0 Å². The lowest BCUT2D eigenvalue weighted by molar-refractivity contribution is 0.824. The van der Waals surface area contributed by atoms with Crippen molar-refractivity contribution in [3.8, 4) is 0 Å². The van der Waals surface area contributed by atoms with E-state index in [1.165, 1.54) is 0 Å². The molecule has 0 radical (unpaired) electrons. The van der Waals surface area contributed by atoms with Gasteiger partial charge in [-0.15, -0.1) is 12.4 Å². The summed E-state index contributed by atoms with van der Waals surface area (Å²) in [6.45, 7) is 2.88. The molecule has 0 saturated carbocycles. The molecule has 0 unspecified atom stereocenters. The van der Waals surface area contributed by atoms with Gasteiger partial charge in [-0.25, -0.2) is 0 Å². The van der Waals surface area contributed by atoms with Crippen LogP contribution in [0.2, 0.25) is 0 Å². The maximum Gasteiger partial charge on any atom is -0.00799 e. The molecule has 2 nitrogen and oxygen atoms in total. The molecule has 0 fully saturated rings. The van der Waals surface area contributed by atoms with Crippen molar-refractivity contribution in [2.45, 2.75) is 13.3 Å². The van der Waals surface area contributed by atoms with Gasteiger partial charge in [0.1, 0.15) is 0 Å². The zero-order valence-electron chi connectivity index (χ0n) is 3.90. The van der Waals surface area contributed by atoms with Crippen molar-refractivity contribution in [3.63, 3.8) is 0 Å². The van der Waals surface area contributed by atoms with Crippen molar-refractivity contribution < 1.29 is 5.48 Å². The highest BCUT2D eigenvalue weighted by Gasteiger charge is 1.55. The highest BCUT2D eigenvalue weighted by molar-refractivity contribution is 5.85. The Bertz CT molecular complexity index is 12.8. The van der Waals surface area contributed by atoms with Crippen LogP contribution in [-0.4, -0.2) is 12.0 Å². The van der Waals surface area contributed by atoms with Crippen LogP contribution < -0.4 is 5.73 Å². The molecule has 0 saturated heterocycles. The van der Waals surface area contributed by atoms with Gasteiger partial charge in [0.2, 0.25) is 0 Å². The fourth-order valence-electron chi connectivity index (χ4n) is 0. The lowest BCUT2D eigenvalue weighted by atomic mass is 10.5. The van der Waals surface area contributed by atoms with Crippen LogP contribution in [0.3, 0.4) is 0 Å². The van der Waals surface area contributed by atoms with E-state index in [1.54, 1.807) is 0 Å². The molecule has 0 aromatic rings. The first kappa shape index (κ1) is 16.4. The third-order valence-corrected chi connectivity index (χ3v) is 0.289. The normalized spacial score (nSPS) is 5.00. The Morgan fingerprint density at radius 2 is 1.67 bits per heavy atom. The fourth-order valence-corrected chi connectivity index (χ4v) is 0. The summed E-state index contributed by atoms with van der Waals surface area (Å²) in [5, 5.41) is 0. The predicted octanol–water partition coefficient (Wildman–Crippen LogP) is -0.0478. The van der Waals surface area contributed by atoms with E-state index in [9.17, 15) is 0 Å². The van der Waals surface area contributed by atoms with Gasteiger partial charge in [-0.3, -0.25) is 0 Å². The lowest BCUT2D eigenvalue weighted by Gasteiger charge is -1.70. The van der Waals surface area contributed by atoms with Crippen molar-refractivity contribution >= 4 is 12.4 Å². The summed E-state index contributed by atoms with van der Waals surface area (Å²) in [6, 6.07) is 0. The largest absolute Gasteiger partial charge is 0.412 e. The topological polar surface area (TPSA) is 57.5 Å². The average molecular weight is 114 g/mol. The molecule has 0 heterocycles. The van der Waals surface area contributed by atoms with Gasteiger partial charge < -0.3 is 11.2 Å². The van der Waals surface area contributed by atoms with E-state index in [4.69, 9.17) is 5.73 Å². The van der Waals surface area contributed by atoms with E-state index in [-0.39, 0.29) is 17.9 Å². The monoisotopic (exact) mass is 113 g/mol. The van der Waals surface area contributed by atoms with E-state index >= 15 is 0 Å². The minimum absolute atomic E-state index is 0. The number of nitrogens with two attached hydrogens (primary N) is 1. The third-order valence-electron chi connectivity index (χ3n) is 0.289. The lowest BCUT2D eigenvalue weighted by Crippen LogP contribution is -1.93. The van der Waals surface area contributed by atoms with Crippen LogP contribution in [0.1, 0.15) is 13.3 Å². The second kappa shape index (κ2) is 18.9. The Kier molecular flexibility index (Phi) is 51.5. The molecule has 0 aliphatic rings. The first-order valence-electron chi connectivity index (χ1n) is 1.62. The van der Waals surface area contributed by atoms with Crippen molar-refractivity contribution in [3.05, 3.63) is 0 Å². The van der Waals surface area contributed by atoms with Crippen molar-refractivity contribution in [1.29, 1.82) is 0 Å². The molecule has 0 spiro atoms. The molecule has 4 N–H and O–H groups in total. The fraction of sp³-hybridized carbons (Fsp3) is 1.00. The minimum atomic E-state index is 0. The van der Waals surface area contributed by atoms with Crippen molar-refractivity contribution in [1.82, 2.24) is 0 Å². The van der Waals surface area contributed by atoms with Gasteiger partial charge in [0, 0.05) is 0 Å². The molecule has 0 aliphatic heterocycles. The van der Waals surface area contributed by atoms with E-state index in [2.05, 4.69) is 6.92 Å². The van der Waals surface area contributed by atoms with Crippen LogP contribution in [0, 0.1) is 0 Å². The Morgan fingerprint density at radius 3 is 1.67 bits per heavy atom. The van der Waals surface area contributed by atoms with Crippen LogP contribution in [-0.2, 0) is 0 Å². The van der Waals surface area contributed by atoms with Gasteiger partial charge >= 0.3 is 0 Å².